The molecule has 0 atom stereocenters. The normalized spacial score (nSPS) is 11.6. The van der Waals surface area contributed by atoms with E-state index in [2.05, 4.69) is 49.9 Å². The minimum Gasteiger partial charge on any atom is -0.373 e. The molecule has 1 aromatic rings. The summed E-state index contributed by atoms with van der Waals surface area (Å²) in [6, 6.07) is 0. The zero-order chi connectivity index (χ0) is 13.1. The molecule has 96 valence electrons. The average Bonchev–Trinajstić information content (AvgIpc) is 2.21. The van der Waals surface area contributed by atoms with Crippen LogP contribution in [0.1, 0.15) is 45.5 Å². The van der Waals surface area contributed by atoms with E-state index in [1.165, 1.54) is 0 Å². The van der Waals surface area contributed by atoms with Gasteiger partial charge in [-0.25, -0.2) is 9.97 Å². The van der Waals surface area contributed by atoms with E-state index in [0.717, 1.165) is 35.1 Å². The van der Waals surface area contributed by atoms with Crippen LogP contribution in [0.2, 0.25) is 0 Å². The van der Waals surface area contributed by atoms with Gasteiger partial charge in [0.15, 0.2) is 0 Å². The molecule has 1 N–H and O–H groups in total. The summed E-state index contributed by atoms with van der Waals surface area (Å²) in [6.07, 6.45) is 2.01. The summed E-state index contributed by atoms with van der Waals surface area (Å²) in [5, 5.41) is 4.25. The number of aromatic nitrogens is 2. The molecule has 0 aromatic carbocycles. The molecule has 1 heterocycles. The lowest BCUT2D eigenvalue weighted by atomic mass is 10.3. The van der Waals surface area contributed by atoms with Gasteiger partial charge in [-0.05, 0) is 13.3 Å². The van der Waals surface area contributed by atoms with Crippen molar-refractivity contribution in [2.45, 2.75) is 57.2 Å². The zero-order valence-corrected chi connectivity index (χ0v) is 12.5. The van der Waals surface area contributed by atoms with Gasteiger partial charge in [0.25, 0.3) is 0 Å². The third kappa shape index (κ3) is 4.19. The lowest BCUT2D eigenvalue weighted by molar-refractivity contribution is 0.779. The van der Waals surface area contributed by atoms with Crippen LogP contribution in [0.15, 0.2) is 5.03 Å². The molecule has 0 amide bonds. The van der Waals surface area contributed by atoms with E-state index in [4.69, 9.17) is 0 Å². The Labute approximate surface area is 109 Å². The van der Waals surface area contributed by atoms with Crippen LogP contribution in [0.5, 0.6) is 0 Å². The average molecular weight is 253 g/mol. The van der Waals surface area contributed by atoms with Crippen molar-refractivity contribution in [3.8, 4) is 0 Å². The molecule has 0 bridgehead atoms. The summed E-state index contributed by atoms with van der Waals surface area (Å²) in [6.45, 7) is 10.8. The molecular weight excluding hydrogens is 230 g/mol. The first-order valence-electron chi connectivity index (χ1n) is 6.11. The summed E-state index contributed by atoms with van der Waals surface area (Å²) >= 11 is 1.81. The first kappa shape index (κ1) is 14.3. The molecule has 3 nitrogen and oxygen atoms in total. The highest BCUT2D eigenvalue weighted by Gasteiger charge is 2.17. The minimum atomic E-state index is 0.174. The van der Waals surface area contributed by atoms with E-state index < -0.39 is 0 Å². The molecule has 0 aliphatic carbocycles. The van der Waals surface area contributed by atoms with Crippen LogP contribution in [-0.4, -0.2) is 21.8 Å². The molecule has 0 radical (unpaired) electrons. The number of anilines is 1. The van der Waals surface area contributed by atoms with Crippen LogP contribution < -0.4 is 5.32 Å². The molecule has 4 heteroatoms. The molecule has 0 aliphatic heterocycles. The van der Waals surface area contributed by atoms with Crippen molar-refractivity contribution in [2.24, 2.45) is 0 Å². The van der Waals surface area contributed by atoms with Gasteiger partial charge in [-0.2, -0.15) is 0 Å². The number of rotatable bonds is 4. The molecule has 0 aliphatic rings. The Hall–Kier alpha value is -0.770. The predicted molar refractivity (Wildman–Crippen MR) is 75.9 cm³/mol. The highest BCUT2D eigenvalue weighted by Crippen LogP contribution is 2.34. The van der Waals surface area contributed by atoms with E-state index in [9.17, 15) is 0 Å². The molecule has 0 fully saturated rings. The van der Waals surface area contributed by atoms with Gasteiger partial charge in [0.05, 0.1) is 0 Å². The smallest absolute Gasteiger partial charge is 0.133 e. The van der Waals surface area contributed by atoms with E-state index in [-0.39, 0.29) is 4.75 Å². The maximum atomic E-state index is 4.67. The first-order chi connectivity index (χ1) is 7.87. The Bertz CT molecular complexity index is 383. The third-order valence-electron chi connectivity index (χ3n) is 2.26. The second-order valence-corrected chi connectivity index (χ2v) is 6.95. The maximum Gasteiger partial charge on any atom is 0.133 e. The van der Waals surface area contributed by atoms with Crippen LogP contribution in [0.4, 0.5) is 5.82 Å². The second kappa shape index (κ2) is 5.71. The Morgan fingerprint density at radius 2 is 1.88 bits per heavy atom. The summed E-state index contributed by atoms with van der Waals surface area (Å²) in [4.78, 5) is 9.20. The third-order valence-corrected chi connectivity index (χ3v) is 3.46. The highest BCUT2D eigenvalue weighted by atomic mass is 32.2. The largest absolute Gasteiger partial charge is 0.373 e. The topological polar surface area (TPSA) is 37.8 Å². The van der Waals surface area contributed by atoms with E-state index >= 15 is 0 Å². The summed E-state index contributed by atoms with van der Waals surface area (Å²) in [7, 11) is 1.91. The SMILES string of the molecule is CCCc1nc(NC)c(C)c(SC(C)(C)C)n1. The lowest BCUT2D eigenvalue weighted by Crippen LogP contribution is -2.11. The summed E-state index contributed by atoms with van der Waals surface area (Å²) in [5.74, 6) is 1.89. The monoisotopic (exact) mass is 253 g/mol. The molecule has 0 saturated carbocycles. The molecule has 1 rings (SSSR count). The van der Waals surface area contributed by atoms with Gasteiger partial charge in [0, 0.05) is 23.8 Å². The van der Waals surface area contributed by atoms with Crippen LogP contribution in [-0.2, 0) is 6.42 Å². The van der Waals surface area contributed by atoms with Gasteiger partial charge in [0.1, 0.15) is 16.7 Å². The fraction of sp³-hybridized carbons (Fsp3) is 0.692. The van der Waals surface area contributed by atoms with E-state index in [0.29, 0.717) is 0 Å². The van der Waals surface area contributed by atoms with Crippen molar-refractivity contribution in [1.82, 2.24) is 9.97 Å². The Kier molecular flexibility index (Phi) is 4.80. The van der Waals surface area contributed by atoms with Gasteiger partial charge in [-0.3, -0.25) is 0 Å². The van der Waals surface area contributed by atoms with Crippen molar-refractivity contribution in [3.63, 3.8) is 0 Å². The number of hydrogen-bond acceptors (Lipinski definition) is 4. The zero-order valence-electron chi connectivity index (χ0n) is 11.7. The number of nitrogens with one attached hydrogen (secondary N) is 1. The first-order valence-corrected chi connectivity index (χ1v) is 6.93. The fourth-order valence-corrected chi connectivity index (χ4v) is 2.49. The van der Waals surface area contributed by atoms with Gasteiger partial charge >= 0.3 is 0 Å². The summed E-state index contributed by atoms with van der Waals surface area (Å²) in [5.41, 5.74) is 1.15. The van der Waals surface area contributed by atoms with Crippen molar-refractivity contribution >= 4 is 17.6 Å². The molecule has 0 spiro atoms. The van der Waals surface area contributed by atoms with Gasteiger partial charge < -0.3 is 5.32 Å². The molecule has 0 saturated heterocycles. The van der Waals surface area contributed by atoms with Crippen LogP contribution in [0, 0.1) is 6.92 Å². The second-order valence-electron chi connectivity index (χ2n) is 5.13. The molecular formula is C13H23N3S. The standard InChI is InChI=1S/C13H23N3S/c1-7-8-10-15-11(14-6)9(2)12(16-10)17-13(3,4)5/h7-8H2,1-6H3,(H,14,15,16). The fourth-order valence-electron chi connectivity index (χ4n) is 1.51. The van der Waals surface area contributed by atoms with Crippen LogP contribution >= 0.6 is 11.8 Å². The van der Waals surface area contributed by atoms with E-state index in [1.807, 2.05) is 7.05 Å². The number of aryl methyl sites for hydroxylation is 1. The summed E-state index contributed by atoms with van der Waals surface area (Å²) < 4.78 is 0.174. The molecule has 0 unspecified atom stereocenters. The van der Waals surface area contributed by atoms with E-state index in [1.54, 1.807) is 11.8 Å². The Morgan fingerprint density at radius 3 is 2.35 bits per heavy atom. The number of hydrogen-bond donors (Lipinski definition) is 1. The van der Waals surface area contributed by atoms with Gasteiger partial charge in [-0.15, -0.1) is 11.8 Å². The maximum absolute atomic E-state index is 4.67. The molecule has 17 heavy (non-hydrogen) atoms. The molecule has 1 aromatic heterocycles. The van der Waals surface area contributed by atoms with Crippen molar-refractivity contribution in [2.75, 3.05) is 12.4 Å². The lowest BCUT2D eigenvalue weighted by Gasteiger charge is -2.19. The predicted octanol–water partition coefficient (Wildman–Crippen LogP) is 3.67. The Balaban J connectivity index is 3.13. The Morgan fingerprint density at radius 1 is 1.24 bits per heavy atom. The van der Waals surface area contributed by atoms with Crippen LogP contribution in [0.3, 0.4) is 0 Å². The minimum absolute atomic E-state index is 0.174. The van der Waals surface area contributed by atoms with Crippen LogP contribution in [0.25, 0.3) is 0 Å². The van der Waals surface area contributed by atoms with Crippen molar-refractivity contribution in [3.05, 3.63) is 11.4 Å². The van der Waals surface area contributed by atoms with Crippen molar-refractivity contribution < 1.29 is 0 Å². The number of thioether (sulfide) groups is 1. The van der Waals surface area contributed by atoms with Crippen molar-refractivity contribution in [1.29, 1.82) is 0 Å². The number of nitrogens with zero attached hydrogens (tertiary/aromatic N) is 2. The van der Waals surface area contributed by atoms with Gasteiger partial charge in [0.2, 0.25) is 0 Å². The van der Waals surface area contributed by atoms with Gasteiger partial charge in [-0.1, -0.05) is 27.7 Å². The quantitative estimate of drug-likeness (QED) is 0.656. The highest BCUT2D eigenvalue weighted by molar-refractivity contribution is 8.00.